The molecular weight excluding hydrogens is 458 g/mol. The van der Waals surface area contributed by atoms with Crippen molar-refractivity contribution < 1.29 is 19.2 Å². The number of Topliss-reactive ketones (excluding diaryl/α,β-unsaturated/α-hetero) is 1. The molecule has 0 unspecified atom stereocenters. The zero-order valence-corrected chi connectivity index (χ0v) is 19.0. The standard InChI is InChI=1S/C28H17N3O5/c1-15-8-9-17(13-23(15)31(34)35)24(32)14-36-28(33)18-10-11-21-22(12-18)30-27-20-7-3-5-16-4-2-6-19(25(16)20)26(27)29-21/h2-13H,14H2,1H3. The van der Waals surface area contributed by atoms with Crippen LogP contribution in [0.5, 0.6) is 0 Å². The number of nitro groups is 1. The lowest BCUT2D eigenvalue weighted by atomic mass is 10.0. The van der Waals surface area contributed by atoms with Crippen molar-refractivity contribution in [1.82, 2.24) is 9.97 Å². The lowest BCUT2D eigenvalue weighted by Gasteiger charge is -2.07. The summed E-state index contributed by atoms with van der Waals surface area (Å²) in [4.78, 5) is 45.4. The van der Waals surface area contributed by atoms with Crippen LogP contribution in [0.1, 0.15) is 26.3 Å². The Hall–Kier alpha value is -4.98. The molecule has 0 saturated heterocycles. The van der Waals surface area contributed by atoms with Gasteiger partial charge in [0.2, 0.25) is 5.78 Å². The van der Waals surface area contributed by atoms with Gasteiger partial charge in [-0.25, -0.2) is 14.8 Å². The van der Waals surface area contributed by atoms with Crippen molar-refractivity contribution in [3.05, 3.63) is 99.6 Å². The van der Waals surface area contributed by atoms with Gasteiger partial charge in [0.1, 0.15) is 0 Å². The van der Waals surface area contributed by atoms with Gasteiger partial charge in [0.05, 0.1) is 32.9 Å². The van der Waals surface area contributed by atoms with E-state index < -0.39 is 23.3 Å². The minimum Gasteiger partial charge on any atom is -0.454 e. The van der Waals surface area contributed by atoms with Gasteiger partial charge in [-0.1, -0.05) is 48.5 Å². The number of carbonyl (C=O) groups is 2. The first kappa shape index (κ1) is 21.5. The highest BCUT2D eigenvalue weighted by molar-refractivity contribution is 6.14. The number of fused-ring (bicyclic) bond motifs is 4. The summed E-state index contributed by atoms with van der Waals surface area (Å²) in [7, 11) is 0. The third-order valence-corrected chi connectivity index (χ3v) is 6.38. The minimum atomic E-state index is -0.695. The smallest absolute Gasteiger partial charge is 0.338 e. The van der Waals surface area contributed by atoms with Crippen molar-refractivity contribution in [2.45, 2.75) is 6.92 Å². The molecule has 0 radical (unpaired) electrons. The molecule has 4 aromatic carbocycles. The Morgan fingerprint density at radius 1 is 0.861 bits per heavy atom. The second kappa shape index (κ2) is 8.06. The summed E-state index contributed by atoms with van der Waals surface area (Å²) >= 11 is 0. The molecule has 0 bridgehead atoms. The summed E-state index contributed by atoms with van der Waals surface area (Å²) in [6.07, 6.45) is 0. The predicted molar refractivity (Wildman–Crippen MR) is 134 cm³/mol. The molecule has 5 aromatic rings. The molecule has 174 valence electrons. The number of benzene rings is 4. The zero-order chi connectivity index (χ0) is 25.0. The molecule has 0 amide bonds. The van der Waals surface area contributed by atoms with Crippen LogP contribution in [0.4, 0.5) is 5.69 Å². The third-order valence-electron chi connectivity index (χ3n) is 6.38. The van der Waals surface area contributed by atoms with Gasteiger partial charge in [-0.15, -0.1) is 0 Å². The number of rotatable bonds is 5. The maximum Gasteiger partial charge on any atom is 0.338 e. The Morgan fingerprint density at radius 2 is 1.53 bits per heavy atom. The van der Waals surface area contributed by atoms with E-state index in [0.29, 0.717) is 16.6 Å². The van der Waals surface area contributed by atoms with Crippen LogP contribution in [0, 0.1) is 17.0 Å². The number of aryl methyl sites for hydroxylation is 1. The molecule has 8 nitrogen and oxygen atoms in total. The first-order valence-electron chi connectivity index (χ1n) is 11.2. The van der Waals surface area contributed by atoms with Gasteiger partial charge in [0.25, 0.3) is 5.69 Å². The van der Waals surface area contributed by atoms with Crippen LogP contribution in [-0.2, 0) is 4.74 Å². The molecular formula is C28H17N3O5. The fraction of sp³-hybridized carbons (Fsp3) is 0.0714. The van der Waals surface area contributed by atoms with Crippen LogP contribution in [0.3, 0.4) is 0 Å². The van der Waals surface area contributed by atoms with E-state index in [0.717, 1.165) is 33.3 Å². The Bertz CT molecular complexity index is 1770. The number of carbonyl (C=O) groups excluding carboxylic acids is 2. The highest BCUT2D eigenvalue weighted by Crippen LogP contribution is 2.45. The summed E-state index contributed by atoms with van der Waals surface area (Å²) in [6.45, 7) is 1.05. The van der Waals surface area contributed by atoms with Crippen LogP contribution < -0.4 is 0 Å². The van der Waals surface area contributed by atoms with Crippen molar-refractivity contribution in [2.75, 3.05) is 6.61 Å². The molecule has 1 aliphatic rings. The second-order valence-electron chi connectivity index (χ2n) is 8.59. The van der Waals surface area contributed by atoms with Crippen LogP contribution in [-0.4, -0.2) is 33.3 Å². The maximum atomic E-state index is 12.7. The maximum absolute atomic E-state index is 12.7. The molecule has 0 atom stereocenters. The SMILES string of the molecule is Cc1ccc(C(=O)COC(=O)c2ccc3nc4c(nc3c2)-c2cccc3cccc-4c23)cc1[N+](=O)[O-]. The van der Waals surface area contributed by atoms with Crippen molar-refractivity contribution >= 4 is 39.2 Å². The first-order valence-corrected chi connectivity index (χ1v) is 11.2. The number of esters is 1. The fourth-order valence-electron chi connectivity index (χ4n) is 4.57. The third kappa shape index (κ3) is 3.39. The van der Waals surface area contributed by atoms with Crippen LogP contribution >= 0.6 is 0 Å². The van der Waals surface area contributed by atoms with Gasteiger partial charge >= 0.3 is 5.97 Å². The van der Waals surface area contributed by atoms with Gasteiger partial charge < -0.3 is 4.74 Å². The molecule has 1 aromatic heterocycles. The van der Waals surface area contributed by atoms with E-state index in [-0.39, 0.29) is 16.8 Å². The van der Waals surface area contributed by atoms with E-state index in [2.05, 4.69) is 12.1 Å². The lowest BCUT2D eigenvalue weighted by molar-refractivity contribution is -0.385. The quantitative estimate of drug-likeness (QED) is 0.136. The molecule has 0 spiro atoms. The van der Waals surface area contributed by atoms with E-state index in [1.165, 1.54) is 18.2 Å². The van der Waals surface area contributed by atoms with Crippen LogP contribution in [0.25, 0.3) is 44.3 Å². The van der Waals surface area contributed by atoms with E-state index in [9.17, 15) is 19.7 Å². The molecule has 0 fully saturated rings. The van der Waals surface area contributed by atoms with Crippen LogP contribution in [0.15, 0.2) is 72.8 Å². The Labute approximate surface area is 204 Å². The monoisotopic (exact) mass is 475 g/mol. The number of nitro benzene ring substituents is 1. The van der Waals surface area contributed by atoms with Gasteiger partial charge in [-0.2, -0.15) is 0 Å². The molecule has 0 N–H and O–H groups in total. The normalized spacial score (nSPS) is 11.5. The Balaban J connectivity index is 1.27. The van der Waals surface area contributed by atoms with Crippen molar-refractivity contribution in [3.63, 3.8) is 0 Å². The average Bonchev–Trinajstić information content (AvgIpc) is 3.20. The summed E-state index contributed by atoms with van der Waals surface area (Å²) in [6, 6.07) is 21.2. The van der Waals surface area contributed by atoms with Crippen molar-refractivity contribution in [2.24, 2.45) is 0 Å². The number of aromatic nitrogens is 2. The van der Waals surface area contributed by atoms with E-state index in [4.69, 9.17) is 14.7 Å². The number of hydrogen-bond acceptors (Lipinski definition) is 7. The van der Waals surface area contributed by atoms with E-state index >= 15 is 0 Å². The first-order chi connectivity index (χ1) is 17.4. The Kier molecular flexibility index (Phi) is 4.82. The minimum absolute atomic E-state index is 0.105. The number of ketones is 1. The van der Waals surface area contributed by atoms with Crippen molar-refractivity contribution in [3.8, 4) is 22.5 Å². The highest BCUT2D eigenvalue weighted by atomic mass is 16.6. The fourth-order valence-corrected chi connectivity index (χ4v) is 4.57. The second-order valence-corrected chi connectivity index (χ2v) is 8.59. The topological polar surface area (TPSA) is 112 Å². The van der Waals surface area contributed by atoms with Gasteiger partial charge in [0.15, 0.2) is 6.61 Å². The highest BCUT2D eigenvalue weighted by Gasteiger charge is 2.25. The lowest BCUT2D eigenvalue weighted by Crippen LogP contribution is -2.14. The summed E-state index contributed by atoms with van der Waals surface area (Å²) in [5.41, 5.74) is 5.39. The van der Waals surface area contributed by atoms with E-state index in [1.54, 1.807) is 25.1 Å². The van der Waals surface area contributed by atoms with Crippen LogP contribution in [0.2, 0.25) is 0 Å². The van der Waals surface area contributed by atoms with Gasteiger partial charge in [0, 0.05) is 33.7 Å². The summed E-state index contributed by atoms with van der Waals surface area (Å²) in [5.74, 6) is -1.23. The zero-order valence-electron chi connectivity index (χ0n) is 19.0. The summed E-state index contributed by atoms with van der Waals surface area (Å²) in [5, 5.41) is 13.4. The largest absolute Gasteiger partial charge is 0.454 e. The molecule has 6 rings (SSSR count). The molecule has 1 aliphatic carbocycles. The molecule has 1 heterocycles. The molecule has 0 saturated carbocycles. The van der Waals surface area contributed by atoms with E-state index in [1.807, 2.05) is 24.3 Å². The average molecular weight is 475 g/mol. The predicted octanol–water partition coefficient (Wildman–Crippen LogP) is 5.69. The van der Waals surface area contributed by atoms with Crippen molar-refractivity contribution in [1.29, 1.82) is 0 Å². The molecule has 0 aliphatic heterocycles. The van der Waals surface area contributed by atoms with Gasteiger partial charge in [-0.3, -0.25) is 14.9 Å². The number of nitrogens with zero attached hydrogens (tertiary/aromatic N) is 3. The molecule has 36 heavy (non-hydrogen) atoms. The number of ether oxygens (including phenoxy) is 1. The Morgan fingerprint density at radius 3 is 2.22 bits per heavy atom. The van der Waals surface area contributed by atoms with Gasteiger partial charge in [-0.05, 0) is 30.5 Å². The number of hydrogen-bond donors (Lipinski definition) is 0. The molecule has 8 heteroatoms. The summed E-state index contributed by atoms with van der Waals surface area (Å²) < 4.78 is 5.21.